The molecule has 0 radical (unpaired) electrons. The van der Waals surface area contributed by atoms with E-state index in [9.17, 15) is 4.79 Å². The lowest BCUT2D eigenvalue weighted by Crippen LogP contribution is -2.45. The van der Waals surface area contributed by atoms with Gasteiger partial charge in [-0.15, -0.1) is 0 Å². The van der Waals surface area contributed by atoms with Gasteiger partial charge in [-0.2, -0.15) is 0 Å². The molecule has 1 saturated carbocycles. The zero-order valence-corrected chi connectivity index (χ0v) is 11.4. The van der Waals surface area contributed by atoms with Crippen molar-refractivity contribution >= 4 is 5.91 Å². The Hall–Kier alpha value is -0.570. The van der Waals surface area contributed by atoms with Crippen molar-refractivity contribution in [3.63, 3.8) is 0 Å². The molecule has 98 valence electrons. The highest BCUT2D eigenvalue weighted by atomic mass is 16.2. The van der Waals surface area contributed by atoms with Gasteiger partial charge in [-0.25, -0.2) is 0 Å². The summed E-state index contributed by atoms with van der Waals surface area (Å²) in [4.78, 5) is 14.3. The van der Waals surface area contributed by atoms with Gasteiger partial charge in [-0.3, -0.25) is 10.1 Å². The minimum atomic E-state index is 0.0175. The van der Waals surface area contributed by atoms with Crippen LogP contribution in [0.2, 0.25) is 0 Å². The van der Waals surface area contributed by atoms with Crippen molar-refractivity contribution in [1.29, 1.82) is 0 Å². The maximum atomic E-state index is 12.2. The Labute approximate surface area is 105 Å². The highest BCUT2D eigenvalue weighted by Crippen LogP contribution is 2.32. The van der Waals surface area contributed by atoms with Gasteiger partial charge in [0.15, 0.2) is 0 Å². The van der Waals surface area contributed by atoms with E-state index in [2.05, 4.69) is 24.1 Å². The topological polar surface area (TPSA) is 32.3 Å². The van der Waals surface area contributed by atoms with Gasteiger partial charge in [0, 0.05) is 6.04 Å². The zero-order chi connectivity index (χ0) is 12.4. The zero-order valence-electron chi connectivity index (χ0n) is 11.4. The highest BCUT2D eigenvalue weighted by Gasteiger charge is 2.40. The molecule has 0 bridgehead atoms. The highest BCUT2D eigenvalue weighted by molar-refractivity contribution is 5.84. The van der Waals surface area contributed by atoms with E-state index < -0.39 is 0 Å². The van der Waals surface area contributed by atoms with Crippen molar-refractivity contribution in [2.24, 2.45) is 5.92 Å². The summed E-state index contributed by atoms with van der Waals surface area (Å²) in [5.41, 5.74) is 0. The number of carbonyl (C=O) groups is 1. The van der Waals surface area contributed by atoms with Crippen LogP contribution in [0.25, 0.3) is 0 Å². The van der Waals surface area contributed by atoms with Crippen LogP contribution < -0.4 is 5.32 Å². The molecule has 1 aliphatic heterocycles. The lowest BCUT2D eigenvalue weighted by molar-refractivity contribution is -0.132. The van der Waals surface area contributed by atoms with Gasteiger partial charge in [-0.1, -0.05) is 20.3 Å². The molecule has 2 unspecified atom stereocenters. The van der Waals surface area contributed by atoms with Gasteiger partial charge in [0.2, 0.25) is 5.91 Å². The van der Waals surface area contributed by atoms with E-state index in [0.29, 0.717) is 11.9 Å². The summed E-state index contributed by atoms with van der Waals surface area (Å²) in [7, 11) is 0. The summed E-state index contributed by atoms with van der Waals surface area (Å²) < 4.78 is 0. The average molecular weight is 238 g/mol. The molecule has 1 amide bonds. The number of carbonyl (C=O) groups excluding carboxylic acids is 1. The van der Waals surface area contributed by atoms with Gasteiger partial charge < -0.3 is 4.90 Å². The van der Waals surface area contributed by atoms with E-state index in [-0.39, 0.29) is 12.2 Å². The van der Waals surface area contributed by atoms with Crippen LogP contribution in [0, 0.1) is 5.92 Å². The summed E-state index contributed by atoms with van der Waals surface area (Å²) in [6.45, 7) is 6.43. The number of nitrogens with zero attached hydrogens (tertiary/aromatic N) is 1. The van der Waals surface area contributed by atoms with Gasteiger partial charge >= 0.3 is 0 Å². The maximum absolute atomic E-state index is 12.2. The van der Waals surface area contributed by atoms with Crippen LogP contribution in [0.15, 0.2) is 0 Å². The minimum Gasteiger partial charge on any atom is -0.323 e. The molecule has 0 aromatic rings. The number of hydrogen-bond donors (Lipinski definition) is 1. The SMILES string of the molecule is CCC1CCC(N2C(=O)C(C)NC2CC)CC1. The van der Waals surface area contributed by atoms with Crippen molar-refractivity contribution in [3.05, 3.63) is 0 Å². The molecule has 2 aliphatic rings. The van der Waals surface area contributed by atoms with Crippen LogP contribution in [0.5, 0.6) is 0 Å². The Morgan fingerprint density at radius 2 is 1.82 bits per heavy atom. The van der Waals surface area contributed by atoms with Gasteiger partial charge in [0.05, 0.1) is 12.2 Å². The van der Waals surface area contributed by atoms with Gasteiger partial charge in [-0.05, 0) is 44.9 Å². The largest absolute Gasteiger partial charge is 0.323 e. The molecule has 2 rings (SSSR count). The summed E-state index contributed by atoms with van der Waals surface area (Å²) in [5, 5.41) is 3.40. The molecule has 3 nitrogen and oxygen atoms in total. The van der Waals surface area contributed by atoms with Crippen molar-refractivity contribution in [2.45, 2.75) is 77.5 Å². The molecular formula is C14H26N2O. The predicted molar refractivity (Wildman–Crippen MR) is 69.6 cm³/mol. The van der Waals surface area contributed by atoms with Crippen LogP contribution >= 0.6 is 0 Å². The predicted octanol–water partition coefficient (Wildman–Crippen LogP) is 2.51. The van der Waals surface area contributed by atoms with Crippen molar-refractivity contribution in [3.8, 4) is 0 Å². The third kappa shape index (κ3) is 2.49. The fourth-order valence-corrected chi connectivity index (χ4v) is 3.40. The number of rotatable bonds is 3. The van der Waals surface area contributed by atoms with Gasteiger partial charge in [0.1, 0.15) is 0 Å². The van der Waals surface area contributed by atoms with Crippen molar-refractivity contribution < 1.29 is 4.79 Å². The molecule has 2 fully saturated rings. The second kappa shape index (κ2) is 5.38. The molecule has 1 N–H and O–H groups in total. The van der Waals surface area contributed by atoms with E-state index in [1.54, 1.807) is 0 Å². The lowest BCUT2D eigenvalue weighted by atomic mass is 9.84. The fraction of sp³-hybridized carbons (Fsp3) is 0.929. The Morgan fingerprint density at radius 1 is 1.18 bits per heavy atom. The first-order chi connectivity index (χ1) is 8.17. The van der Waals surface area contributed by atoms with Gasteiger partial charge in [0.25, 0.3) is 0 Å². The first kappa shape index (κ1) is 12.9. The quantitative estimate of drug-likeness (QED) is 0.819. The maximum Gasteiger partial charge on any atom is 0.240 e. The summed E-state index contributed by atoms with van der Waals surface area (Å²) in [6.07, 6.45) is 7.60. The molecular weight excluding hydrogens is 212 g/mol. The van der Waals surface area contributed by atoms with E-state index in [0.717, 1.165) is 12.3 Å². The van der Waals surface area contributed by atoms with E-state index in [1.807, 2.05) is 6.92 Å². The number of amides is 1. The first-order valence-electron chi connectivity index (χ1n) is 7.25. The molecule has 1 saturated heterocycles. The van der Waals surface area contributed by atoms with Crippen molar-refractivity contribution in [2.75, 3.05) is 0 Å². The second-order valence-corrected chi connectivity index (χ2v) is 5.64. The summed E-state index contributed by atoms with van der Waals surface area (Å²) >= 11 is 0. The Balaban J connectivity index is 1.99. The third-order valence-electron chi connectivity index (χ3n) is 4.58. The molecule has 0 aromatic heterocycles. The lowest BCUT2D eigenvalue weighted by Gasteiger charge is -2.37. The monoisotopic (exact) mass is 238 g/mol. The standard InChI is InChI=1S/C14H26N2O/c1-4-11-6-8-12(9-7-11)16-13(5-2)15-10(3)14(16)17/h10-13,15H,4-9H2,1-3H3. The second-order valence-electron chi connectivity index (χ2n) is 5.64. The average Bonchev–Trinajstić information content (AvgIpc) is 2.65. The Morgan fingerprint density at radius 3 is 2.35 bits per heavy atom. The molecule has 1 aliphatic carbocycles. The first-order valence-corrected chi connectivity index (χ1v) is 7.25. The molecule has 1 heterocycles. The third-order valence-corrected chi connectivity index (χ3v) is 4.58. The molecule has 3 heteroatoms. The van der Waals surface area contributed by atoms with E-state index in [4.69, 9.17) is 0 Å². The van der Waals surface area contributed by atoms with Crippen LogP contribution in [0.4, 0.5) is 0 Å². The van der Waals surface area contributed by atoms with Crippen LogP contribution in [-0.2, 0) is 4.79 Å². The molecule has 0 aromatic carbocycles. The normalized spacial score (nSPS) is 38.8. The Kier molecular flexibility index (Phi) is 4.08. The molecule has 0 spiro atoms. The summed E-state index contributed by atoms with van der Waals surface area (Å²) in [5.74, 6) is 1.21. The van der Waals surface area contributed by atoms with Crippen LogP contribution in [0.1, 0.15) is 59.3 Å². The van der Waals surface area contributed by atoms with Crippen molar-refractivity contribution in [1.82, 2.24) is 10.2 Å². The minimum absolute atomic E-state index is 0.0175. The number of nitrogens with one attached hydrogen (secondary N) is 1. The number of hydrogen-bond acceptors (Lipinski definition) is 2. The molecule has 17 heavy (non-hydrogen) atoms. The van der Waals surface area contributed by atoms with Crippen LogP contribution in [0.3, 0.4) is 0 Å². The summed E-state index contributed by atoms with van der Waals surface area (Å²) in [6, 6.07) is 0.511. The van der Waals surface area contributed by atoms with E-state index in [1.165, 1.54) is 32.1 Å². The Bertz CT molecular complexity index is 271. The fourth-order valence-electron chi connectivity index (χ4n) is 3.40. The van der Waals surface area contributed by atoms with Crippen LogP contribution in [-0.4, -0.2) is 29.1 Å². The smallest absolute Gasteiger partial charge is 0.240 e. The molecule has 2 atom stereocenters. The van der Waals surface area contributed by atoms with E-state index >= 15 is 0 Å².